The van der Waals surface area contributed by atoms with Gasteiger partial charge in [-0.05, 0) is 36.8 Å². The van der Waals surface area contributed by atoms with Crippen molar-refractivity contribution in [1.82, 2.24) is 9.78 Å². The predicted octanol–water partition coefficient (Wildman–Crippen LogP) is 1.97. The molecule has 0 atom stereocenters. The van der Waals surface area contributed by atoms with Gasteiger partial charge in [-0.2, -0.15) is 5.10 Å². The molecular formula is C12H12N2O2. The van der Waals surface area contributed by atoms with E-state index in [1.165, 1.54) is 7.11 Å². The average Bonchev–Trinajstić information content (AvgIpc) is 2.81. The van der Waals surface area contributed by atoms with Crippen LogP contribution < -0.4 is 0 Å². The summed E-state index contributed by atoms with van der Waals surface area (Å²) >= 11 is 0. The first-order chi connectivity index (χ1) is 7.72. The number of hydrogen-bond donors (Lipinski definition) is 0. The summed E-state index contributed by atoms with van der Waals surface area (Å²) in [4.78, 5) is 11.4. The number of aromatic nitrogens is 2. The summed E-state index contributed by atoms with van der Waals surface area (Å²) < 4.78 is 6.43. The van der Waals surface area contributed by atoms with Crippen LogP contribution in [0.1, 0.15) is 15.9 Å². The molecule has 2 aromatic rings. The maximum Gasteiger partial charge on any atom is 0.338 e. The van der Waals surface area contributed by atoms with E-state index < -0.39 is 0 Å². The smallest absolute Gasteiger partial charge is 0.338 e. The molecule has 0 unspecified atom stereocenters. The Kier molecular flexibility index (Phi) is 2.72. The molecule has 0 saturated heterocycles. The molecule has 0 bridgehead atoms. The van der Waals surface area contributed by atoms with Gasteiger partial charge in [0.25, 0.3) is 0 Å². The summed E-state index contributed by atoms with van der Waals surface area (Å²) in [5, 5.41) is 4.12. The quantitative estimate of drug-likeness (QED) is 0.721. The van der Waals surface area contributed by atoms with Gasteiger partial charge in [0.05, 0.1) is 18.4 Å². The number of hydrogen-bond acceptors (Lipinski definition) is 3. The third kappa shape index (κ3) is 1.82. The predicted molar refractivity (Wildman–Crippen MR) is 59.6 cm³/mol. The highest BCUT2D eigenvalue weighted by Crippen LogP contribution is 2.14. The molecule has 0 aliphatic heterocycles. The summed E-state index contributed by atoms with van der Waals surface area (Å²) in [7, 11) is 1.38. The minimum atomic E-state index is -0.315. The van der Waals surface area contributed by atoms with Crippen LogP contribution in [0.5, 0.6) is 0 Å². The highest BCUT2D eigenvalue weighted by atomic mass is 16.5. The van der Waals surface area contributed by atoms with Crippen molar-refractivity contribution in [3.8, 4) is 5.69 Å². The molecule has 0 saturated carbocycles. The van der Waals surface area contributed by atoms with Gasteiger partial charge in [0.15, 0.2) is 0 Å². The highest BCUT2D eigenvalue weighted by molar-refractivity contribution is 5.91. The summed E-state index contributed by atoms with van der Waals surface area (Å²) in [5.41, 5.74) is 2.38. The van der Waals surface area contributed by atoms with E-state index >= 15 is 0 Å². The second kappa shape index (κ2) is 4.18. The van der Waals surface area contributed by atoms with E-state index in [9.17, 15) is 4.79 Å². The van der Waals surface area contributed by atoms with E-state index in [1.807, 2.05) is 31.3 Å². The summed E-state index contributed by atoms with van der Waals surface area (Å²) in [6.07, 6.45) is 3.57. The van der Waals surface area contributed by atoms with Crippen molar-refractivity contribution in [2.75, 3.05) is 7.11 Å². The van der Waals surface area contributed by atoms with Gasteiger partial charge >= 0.3 is 5.97 Å². The first-order valence-electron chi connectivity index (χ1n) is 4.91. The van der Waals surface area contributed by atoms with Gasteiger partial charge in [0.1, 0.15) is 0 Å². The number of ether oxygens (including phenoxy) is 1. The van der Waals surface area contributed by atoms with E-state index in [-0.39, 0.29) is 5.97 Å². The molecule has 0 fully saturated rings. The number of aryl methyl sites for hydroxylation is 1. The van der Waals surface area contributed by atoms with Crippen molar-refractivity contribution in [2.24, 2.45) is 0 Å². The minimum Gasteiger partial charge on any atom is -0.465 e. The van der Waals surface area contributed by atoms with E-state index in [2.05, 4.69) is 9.84 Å². The zero-order valence-corrected chi connectivity index (χ0v) is 9.18. The second-order valence-electron chi connectivity index (χ2n) is 3.44. The van der Waals surface area contributed by atoms with Crippen molar-refractivity contribution in [3.05, 3.63) is 47.8 Å². The van der Waals surface area contributed by atoms with Gasteiger partial charge in [-0.25, -0.2) is 9.48 Å². The second-order valence-corrected chi connectivity index (χ2v) is 3.44. The zero-order valence-electron chi connectivity index (χ0n) is 9.18. The molecule has 0 aliphatic rings. The van der Waals surface area contributed by atoms with Crippen molar-refractivity contribution in [2.45, 2.75) is 6.92 Å². The van der Waals surface area contributed by atoms with E-state index in [1.54, 1.807) is 16.9 Å². The van der Waals surface area contributed by atoms with Gasteiger partial charge in [0, 0.05) is 12.4 Å². The highest BCUT2D eigenvalue weighted by Gasteiger charge is 2.09. The lowest BCUT2D eigenvalue weighted by atomic mass is 10.1. The molecule has 0 N–H and O–H groups in total. The summed E-state index contributed by atoms with van der Waals surface area (Å²) in [6.45, 7) is 1.87. The maximum atomic E-state index is 11.4. The number of benzene rings is 1. The Morgan fingerprint density at radius 1 is 1.44 bits per heavy atom. The Bertz CT molecular complexity index is 504. The van der Waals surface area contributed by atoms with Crippen LogP contribution in [0.25, 0.3) is 5.69 Å². The molecule has 1 heterocycles. The van der Waals surface area contributed by atoms with Crippen LogP contribution in [0.2, 0.25) is 0 Å². The number of rotatable bonds is 2. The van der Waals surface area contributed by atoms with Crippen LogP contribution in [0.15, 0.2) is 36.7 Å². The van der Waals surface area contributed by atoms with Crippen molar-refractivity contribution < 1.29 is 9.53 Å². The van der Waals surface area contributed by atoms with Gasteiger partial charge < -0.3 is 4.74 Å². The van der Waals surface area contributed by atoms with E-state index in [0.717, 1.165) is 11.3 Å². The lowest BCUT2D eigenvalue weighted by Gasteiger charge is -2.06. The molecule has 82 valence electrons. The molecule has 1 aromatic carbocycles. The largest absolute Gasteiger partial charge is 0.465 e. The Morgan fingerprint density at radius 2 is 2.25 bits per heavy atom. The third-order valence-corrected chi connectivity index (χ3v) is 2.38. The average molecular weight is 216 g/mol. The number of esters is 1. The molecule has 16 heavy (non-hydrogen) atoms. The maximum absolute atomic E-state index is 11.4. The summed E-state index contributed by atoms with van der Waals surface area (Å²) in [5.74, 6) is -0.315. The van der Waals surface area contributed by atoms with Crippen LogP contribution in [0, 0.1) is 6.92 Å². The number of carbonyl (C=O) groups is 1. The van der Waals surface area contributed by atoms with Crippen LogP contribution in [-0.2, 0) is 4.74 Å². The van der Waals surface area contributed by atoms with Crippen molar-refractivity contribution in [3.63, 3.8) is 0 Å². The topological polar surface area (TPSA) is 44.1 Å². The van der Waals surface area contributed by atoms with E-state index in [0.29, 0.717) is 5.56 Å². The lowest BCUT2D eigenvalue weighted by molar-refractivity contribution is 0.0600. The van der Waals surface area contributed by atoms with Crippen LogP contribution in [0.3, 0.4) is 0 Å². The van der Waals surface area contributed by atoms with Gasteiger partial charge in [-0.3, -0.25) is 0 Å². The normalized spacial score (nSPS) is 10.1. The minimum absolute atomic E-state index is 0.315. The van der Waals surface area contributed by atoms with Crippen LogP contribution in [0.4, 0.5) is 0 Å². The Labute approximate surface area is 93.5 Å². The zero-order chi connectivity index (χ0) is 11.5. The molecule has 0 spiro atoms. The Balaban J connectivity index is 2.41. The first kappa shape index (κ1) is 10.4. The van der Waals surface area contributed by atoms with Crippen molar-refractivity contribution in [1.29, 1.82) is 0 Å². The van der Waals surface area contributed by atoms with Gasteiger partial charge in [0.2, 0.25) is 0 Å². The molecular weight excluding hydrogens is 204 g/mol. The van der Waals surface area contributed by atoms with Gasteiger partial charge in [-0.1, -0.05) is 0 Å². The first-order valence-corrected chi connectivity index (χ1v) is 4.91. The molecule has 1 aromatic heterocycles. The van der Waals surface area contributed by atoms with Crippen LogP contribution in [-0.4, -0.2) is 22.9 Å². The summed E-state index contributed by atoms with van der Waals surface area (Å²) in [6, 6.07) is 7.34. The Morgan fingerprint density at radius 3 is 2.81 bits per heavy atom. The lowest BCUT2D eigenvalue weighted by Crippen LogP contribution is -2.05. The Hall–Kier alpha value is -2.10. The fourth-order valence-corrected chi connectivity index (χ4v) is 1.55. The third-order valence-electron chi connectivity index (χ3n) is 2.38. The molecule has 0 amide bonds. The SMILES string of the molecule is COC(=O)c1ccc(-n2cccn2)cc1C. The fraction of sp³-hybridized carbons (Fsp3) is 0.167. The monoisotopic (exact) mass is 216 g/mol. The van der Waals surface area contributed by atoms with Crippen molar-refractivity contribution >= 4 is 5.97 Å². The molecule has 0 aliphatic carbocycles. The number of methoxy groups -OCH3 is 1. The van der Waals surface area contributed by atoms with Gasteiger partial charge in [-0.15, -0.1) is 0 Å². The molecule has 4 nitrogen and oxygen atoms in total. The number of nitrogens with zero attached hydrogens (tertiary/aromatic N) is 2. The van der Waals surface area contributed by atoms with Crippen LogP contribution >= 0.6 is 0 Å². The molecule has 2 rings (SSSR count). The molecule has 4 heteroatoms. The molecule has 0 radical (unpaired) electrons. The number of carbonyl (C=O) groups excluding carboxylic acids is 1. The fourth-order valence-electron chi connectivity index (χ4n) is 1.55. The standard InChI is InChI=1S/C12H12N2O2/c1-9-8-10(14-7-3-6-13-14)4-5-11(9)12(15)16-2/h3-8H,1-2H3. The van der Waals surface area contributed by atoms with E-state index in [4.69, 9.17) is 0 Å².